The molecule has 1 unspecified atom stereocenters. The number of hydrogen-bond donors (Lipinski definition) is 3. The van der Waals surface area contributed by atoms with Crippen LogP contribution in [0.5, 0.6) is 0 Å². The average molecular weight is 408 g/mol. The molecule has 0 radical (unpaired) electrons. The maximum Gasteiger partial charge on any atom is 0.337 e. The molecule has 27 heavy (non-hydrogen) atoms. The van der Waals surface area contributed by atoms with Gasteiger partial charge in [-0.3, -0.25) is 14.8 Å². The normalized spacial score (nSPS) is 15.7. The molecule has 2 heterocycles. The first-order valence-corrected chi connectivity index (χ1v) is 8.66. The summed E-state index contributed by atoms with van der Waals surface area (Å²) in [7, 11) is 0. The van der Waals surface area contributed by atoms with Crippen LogP contribution in [0.3, 0.4) is 0 Å². The van der Waals surface area contributed by atoms with Gasteiger partial charge in [0.05, 0.1) is 27.1 Å². The number of hydrogen-bond acceptors (Lipinski definition) is 5. The zero-order chi connectivity index (χ0) is 19.7. The van der Waals surface area contributed by atoms with Gasteiger partial charge in [-0.15, -0.1) is 0 Å². The molecular weight excluding hydrogens is 393 g/mol. The Balaban J connectivity index is 2.26. The van der Waals surface area contributed by atoms with Gasteiger partial charge in [0, 0.05) is 5.70 Å². The molecule has 1 aliphatic heterocycles. The number of carbonyl (C=O) groups is 1. The van der Waals surface area contributed by atoms with Crippen molar-refractivity contribution in [3.63, 3.8) is 0 Å². The molecule has 3 N–H and O–H groups in total. The van der Waals surface area contributed by atoms with Crippen molar-refractivity contribution in [2.24, 2.45) is 0 Å². The zero-order valence-corrected chi connectivity index (χ0v) is 15.7. The zero-order valence-electron chi connectivity index (χ0n) is 14.2. The molecule has 1 aromatic heterocycles. The first-order valence-electron chi connectivity index (χ1n) is 7.90. The third-order valence-electron chi connectivity index (χ3n) is 4.10. The fourth-order valence-corrected chi connectivity index (χ4v) is 3.30. The number of rotatable bonds is 4. The molecular formula is C18H15Cl2N3O4. The molecule has 0 saturated heterocycles. The molecule has 0 bridgehead atoms. The van der Waals surface area contributed by atoms with Gasteiger partial charge >= 0.3 is 11.7 Å². The van der Waals surface area contributed by atoms with Crippen LogP contribution in [0.2, 0.25) is 10.0 Å². The predicted molar refractivity (Wildman–Crippen MR) is 103 cm³/mol. The second-order valence-electron chi connectivity index (χ2n) is 5.85. The van der Waals surface area contributed by atoms with Crippen molar-refractivity contribution in [3.8, 4) is 0 Å². The molecule has 1 atom stereocenters. The van der Waals surface area contributed by atoms with Crippen LogP contribution in [-0.4, -0.2) is 22.5 Å². The van der Waals surface area contributed by atoms with E-state index >= 15 is 0 Å². The van der Waals surface area contributed by atoms with Gasteiger partial charge in [0.1, 0.15) is 12.4 Å². The SMILES string of the molecule is C=CCOC(=O)C1=C(C)Nc2[nH]c(=O)[nH]c(=O)c2C1c1ccc(Cl)c(Cl)c1. The minimum absolute atomic E-state index is 0.0124. The molecule has 7 nitrogen and oxygen atoms in total. The van der Waals surface area contributed by atoms with Crippen LogP contribution < -0.4 is 16.6 Å². The highest BCUT2D eigenvalue weighted by Gasteiger charge is 2.36. The number of ether oxygens (including phenoxy) is 1. The first-order chi connectivity index (χ1) is 12.8. The molecule has 1 aliphatic rings. The van der Waals surface area contributed by atoms with Crippen LogP contribution in [0.25, 0.3) is 0 Å². The smallest absolute Gasteiger partial charge is 0.337 e. The lowest BCUT2D eigenvalue weighted by Gasteiger charge is -2.28. The lowest BCUT2D eigenvalue weighted by Crippen LogP contribution is -2.35. The molecule has 3 rings (SSSR count). The number of benzene rings is 1. The van der Waals surface area contributed by atoms with Gasteiger partial charge in [-0.2, -0.15) is 0 Å². The molecule has 0 fully saturated rings. The van der Waals surface area contributed by atoms with E-state index < -0.39 is 23.1 Å². The van der Waals surface area contributed by atoms with Gasteiger partial charge in [0.25, 0.3) is 5.56 Å². The highest BCUT2D eigenvalue weighted by molar-refractivity contribution is 6.42. The van der Waals surface area contributed by atoms with Crippen molar-refractivity contribution >= 4 is 35.0 Å². The minimum atomic E-state index is -0.811. The van der Waals surface area contributed by atoms with E-state index in [4.69, 9.17) is 27.9 Å². The monoisotopic (exact) mass is 407 g/mol. The predicted octanol–water partition coefficient (Wildman–Crippen LogP) is 2.93. The Labute approximate surface area is 163 Å². The number of aromatic amines is 2. The van der Waals surface area contributed by atoms with E-state index in [1.807, 2.05) is 0 Å². The second kappa shape index (κ2) is 7.46. The van der Waals surface area contributed by atoms with Crippen molar-refractivity contribution in [2.45, 2.75) is 12.8 Å². The minimum Gasteiger partial charge on any atom is -0.458 e. The number of esters is 1. The highest BCUT2D eigenvalue weighted by Crippen LogP contribution is 2.40. The number of anilines is 1. The molecule has 140 valence electrons. The van der Waals surface area contributed by atoms with E-state index in [0.29, 0.717) is 16.3 Å². The Morgan fingerprint density at radius 1 is 1.26 bits per heavy atom. The van der Waals surface area contributed by atoms with Crippen LogP contribution in [-0.2, 0) is 9.53 Å². The van der Waals surface area contributed by atoms with Crippen LogP contribution in [0.4, 0.5) is 5.82 Å². The maximum atomic E-state index is 12.7. The molecule has 2 aromatic rings. The standard InChI is InChI=1S/C18H15Cl2N3O4/c1-3-6-27-17(25)12-8(2)21-15-14(16(24)23-18(26)22-15)13(12)9-4-5-10(19)11(20)7-9/h3-5,7,13H,1,6H2,2H3,(H3,21,22,23,24,26). The largest absolute Gasteiger partial charge is 0.458 e. The number of H-pyrrole nitrogens is 2. The van der Waals surface area contributed by atoms with Crippen molar-refractivity contribution < 1.29 is 9.53 Å². The van der Waals surface area contributed by atoms with E-state index in [1.54, 1.807) is 25.1 Å². The summed E-state index contributed by atoms with van der Waals surface area (Å²) >= 11 is 12.1. The van der Waals surface area contributed by atoms with Gasteiger partial charge in [0.2, 0.25) is 0 Å². The van der Waals surface area contributed by atoms with E-state index in [2.05, 4.69) is 21.9 Å². The van der Waals surface area contributed by atoms with Gasteiger partial charge in [-0.1, -0.05) is 41.9 Å². The summed E-state index contributed by atoms with van der Waals surface area (Å²) in [5.74, 6) is -1.22. The van der Waals surface area contributed by atoms with E-state index in [0.717, 1.165) is 0 Å². The summed E-state index contributed by atoms with van der Waals surface area (Å²) in [4.78, 5) is 41.6. The summed E-state index contributed by atoms with van der Waals surface area (Å²) in [6, 6.07) is 4.80. The molecule has 0 saturated carbocycles. The van der Waals surface area contributed by atoms with Crippen LogP contribution in [0.1, 0.15) is 24.0 Å². The summed E-state index contributed by atoms with van der Waals surface area (Å²) < 4.78 is 5.19. The quantitative estimate of drug-likeness (QED) is 0.533. The number of allylic oxidation sites excluding steroid dienone is 1. The van der Waals surface area contributed by atoms with Crippen LogP contribution in [0, 0.1) is 0 Å². The third-order valence-corrected chi connectivity index (χ3v) is 4.84. The van der Waals surface area contributed by atoms with Gasteiger partial charge in [-0.25, -0.2) is 9.59 Å². The summed E-state index contributed by atoms with van der Waals surface area (Å²) in [5, 5.41) is 3.50. The Morgan fingerprint density at radius 2 is 2.00 bits per heavy atom. The third kappa shape index (κ3) is 3.56. The molecule has 0 aliphatic carbocycles. The Hall–Kier alpha value is -2.77. The topological polar surface area (TPSA) is 104 Å². The maximum absolute atomic E-state index is 12.7. The number of aromatic nitrogens is 2. The van der Waals surface area contributed by atoms with Crippen molar-refractivity contribution in [3.05, 3.63) is 84.1 Å². The Morgan fingerprint density at radius 3 is 2.67 bits per heavy atom. The fraction of sp³-hybridized carbons (Fsp3) is 0.167. The van der Waals surface area contributed by atoms with E-state index in [-0.39, 0.29) is 28.6 Å². The first kappa shape index (κ1) is 19.0. The number of nitrogens with one attached hydrogen (secondary N) is 3. The summed E-state index contributed by atoms with van der Waals surface area (Å²) in [6.07, 6.45) is 1.44. The fourth-order valence-electron chi connectivity index (χ4n) is 2.99. The van der Waals surface area contributed by atoms with Crippen molar-refractivity contribution in [2.75, 3.05) is 11.9 Å². The highest BCUT2D eigenvalue weighted by atomic mass is 35.5. The van der Waals surface area contributed by atoms with Crippen LogP contribution in [0.15, 0.2) is 51.7 Å². The molecule has 9 heteroatoms. The Bertz CT molecular complexity index is 1080. The molecule has 0 amide bonds. The van der Waals surface area contributed by atoms with Gasteiger partial charge in [-0.05, 0) is 24.6 Å². The lowest BCUT2D eigenvalue weighted by molar-refractivity contribution is -0.138. The molecule has 1 aromatic carbocycles. The Kier molecular flexibility index (Phi) is 5.25. The number of halogens is 2. The van der Waals surface area contributed by atoms with Gasteiger partial charge < -0.3 is 10.1 Å². The average Bonchev–Trinajstić information content (AvgIpc) is 2.60. The van der Waals surface area contributed by atoms with E-state index in [1.165, 1.54) is 6.08 Å². The van der Waals surface area contributed by atoms with Gasteiger partial charge in [0.15, 0.2) is 0 Å². The molecule has 0 spiro atoms. The summed E-state index contributed by atoms with van der Waals surface area (Å²) in [6.45, 7) is 5.18. The lowest BCUT2D eigenvalue weighted by atomic mass is 9.82. The number of fused-ring (bicyclic) bond motifs is 1. The van der Waals surface area contributed by atoms with Crippen molar-refractivity contribution in [1.82, 2.24) is 9.97 Å². The van der Waals surface area contributed by atoms with Crippen LogP contribution >= 0.6 is 23.2 Å². The second-order valence-corrected chi connectivity index (χ2v) is 6.67. The van der Waals surface area contributed by atoms with Crippen molar-refractivity contribution in [1.29, 1.82) is 0 Å². The van der Waals surface area contributed by atoms with E-state index in [9.17, 15) is 14.4 Å². The number of carbonyl (C=O) groups excluding carboxylic acids is 1. The summed E-state index contributed by atoms with van der Waals surface area (Å²) in [5.41, 5.74) is 0.0939.